The predicted molar refractivity (Wildman–Crippen MR) is 83.5 cm³/mol. The van der Waals surface area contributed by atoms with E-state index in [0.29, 0.717) is 12.0 Å². The maximum Gasteiger partial charge on any atom is 0.0441 e. The average Bonchev–Trinajstić information content (AvgIpc) is 3.02. The number of hydrogen-bond donors (Lipinski definition) is 1. The first-order chi connectivity index (χ1) is 9.22. The molecule has 0 saturated heterocycles. The molecule has 0 aromatic carbocycles. The van der Waals surface area contributed by atoms with Crippen molar-refractivity contribution < 1.29 is 0 Å². The van der Waals surface area contributed by atoms with Crippen LogP contribution in [0.1, 0.15) is 43.8 Å². The average molecular weight is 276 g/mol. The minimum Gasteiger partial charge on any atom is -0.350 e. The molecule has 3 heteroatoms. The Labute approximate surface area is 120 Å². The first-order valence-electron chi connectivity index (χ1n) is 7.13. The highest BCUT2D eigenvalue weighted by atomic mass is 32.1. The molecule has 2 nitrogen and oxygen atoms in total. The van der Waals surface area contributed by atoms with Gasteiger partial charge in [-0.1, -0.05) is 26.8 Å². The molecule has 1 N–H and O–H groups in total. The van der Waals surface area contributed by atoms with Gasteiger partial charge in [0.25, 0.3) is 0 Å². The molecule has 0 spiro atoms. The topological polar surface area (TPSA) is 17.0 Å². The highest BCUT2D eigenvalue weighted by Gasteiger charge is 2.16. The van der Waals surface area contributed by atoms with Crippen LogP contribution in [0, 0.1) is 5.92 Å². The lowest BCUT2D eigenvalue weighted by atomic mass is 10.0. The number of rotatable bonds is 7. The summed E-state index contributed by atoms with van der Waals surface area (Å²) in [4.78, 5) is 1.43. The third-order valence-corrected chi connectivity index (χ3v) is 4.36. The minimum atomic E-state index is 0.449. The molecule has 104 valence electrons. The van der Waals surface area contributed by atoms with E-state index in [2.05, 4.69) is 66.5 Å². The lowest BCUT2D eigenvalue weighted by Gasteiger charge is -2.22. The second kappa shape index (κ2) is 6.92. The van der Waals surface area contributed by atoms with Gasteiger partial charge in [0.2, 0.25) is 0 Å². The molecule has 0 radical (unpaired) electrons. The molecular formula is C16H24N2S. The highest BCUT2D eigenvalue weighted by Crippen LogP contribution is 2.26. The molecule has 2 heterocycles. The lowest BCUT2D eigenvalue weighted by molar-refractivity contribution is 0.409. The molecule has 0 amide bonds. The van der Waals surface area contributed by atoms with Gasteiger partial charge >= 0.3 is 0 Å². The largest absolute Gasteiger partial charge is 0.350 e. The van der Waals surface area contributed by atoms with Crippen molar-refractivity contribution in [3.63, 3.8) is 0 Å². The minimum absolute atomic E-state index is 0.449. The predicted octanol–water partition coefficient (Wildman–Crippen LogP) is 4.45. The SMILES string of the molecule is CCCn1cccc1CNC(c1cccs1)C(C)C. The molecule has 2 aromatic heterocycles. The van der Waals surface area contributed by atoms with Gasteiger partial charge in [-0.25, -0.2) is 0 Å². The van der Waals surface area contributed by atoms with E-state index >= 15 is 0 Å². The lowest BCUT2D eigenvalue weighted by Crippen LogP contribution is -2.25. The molecule has 2 rings (SSSR count). The molecule has 0 saturated carbocycles. The molecule has 2 aromatic rings. The van der Waals surface area contributed by atoms with Gasteiger partial charge in [0.1, 0.15) is 0 Å². The summed E-state index contributed by atoms with van der Waals surface area (Å²) in [5.74, 6) is 0.605. The van der Waals surface area contributed by atoms with Gasteiger partial charge in [-0.3, -0.25) is 0 Å². The zero-order valence-electron chi connectivity index (χ0n) is 12.1. The molecule has 0 bridgehead atoms. The van der Waals surface area contributed by atoms with Crippen LogP contribution in [-0.4, -0.2) is 4.57 Å². The number of hydrogen-bond acceptors (Lipinski definition) is 2. The third-order valence-electron chi connectivity index (χ3n) is 3.41. The fourth-order valence-corrected chi connectivity index (χ4v) is 3.39. The molecule has 1 atom stereocenters. The van der Waals surface area contributed by atoms with Crippen molar-refractivity contribution in [1.82, 2.24) is 9.88 Å². The van der Waals surface area contributed by atoms with E-state index in [0.717, 1.165) is 13.1 Å². The van der Waals surface area contributed by atoms with Crippen LogP contribution in [0.25, 0.3) is 0 Å². The number of nitrogens with zero attached hydrogens (tertiary/aromatic N) is 1. The van der Waals surface area contributed by atoms with Gasteiger partial charge in [-0.15, -0.1) is 11.3 Å². The van der Waals surface area contributed by atoms with E-state index in [1.54, 1.807) is 0 Å². The first-order valence-corrected chi connectivity index (χ1v) is 8.01. The van der Waals surface area contributed by atoms with Crippen LogP contribution in [0.15, 0.2) is 35.8 Å². The molecule has 19 heavy (non-hydrogen) atoms. The summed E-state index contributed by atoms with van der Waals surface area (Å²) in [5, 5.41) is 5.87. The van der Waals surface area contributed by atoms with Crippen LogP contribution >= 0.6 is 11.3 Å². The first kappa shape index (κ1) is 14.4. The van der Waals surface area contributed by atoms with Crippen molar-refractivity contribution in [3.05, 3.63) is 46.4 Å². The zero-order chi connectivity index (χ0) is 13.7. The summed E-state index contributed by atoms with van der Waals surface area (Å²) in [5.41, 5.74) is 1.38. The molecule has 1 unspecified atom stereocenters. The Hall–Kier alpha value is -1.06. The van der Waals surface area contributed by atoms with Crippen LogP contribution in [0.3, 0.4) is 0 Å². The summed E-state index contributed by atoms with van der Waals surface area (Å²) in [6, 6.07) is 9.17. The van der Waals surface area contributed by atoms with Crippen molar-refractivity contribution in [1.29, 1.82) is 0 Å². The van der Waals surface area contributed by atoms with Crippen LogP contribution in [0.4, 0.5) is 0 Å². The van der Waals surface area contributed by atoms with Gasteiger partial charge in [0, 0.05) is 35.9 Å². The Balaban J connectivity index is 2.01. The number of aromatic nitrogens is 1. The molecule has 0 fully saturated rings. The standard InChI is InChI=1S/C16H24N2S/c1-4-9-18-10-5-7-14(18)12-17-16(13(2)3)15-8-6-11-19-15/h5-8,10-11,13,16-17H,4,9,12H2,1-3H3. The Morgan fingerprint density at radius 2 is 2.11 bits per heavy atom. The van der Waals surface area contributed by atoms with E-state index in [4.69, 9.17) is 0 Å². The normalized spacial score (nSPS) is 13.1. The second-order valence-corrected chi connectivity index (χ2v) is 6.29. The summed E-state index contributed by atoms with van der Waals surface area (Å²) >= 11 is 1.84. The van der Waals surface area contributed by atoms with Crippen molar-refractivity contribution in [2.75, 3.05) is 0 Å². The van der Waals surface area contributed by atoms with Crippen LogP contribution < -0.4 is 5.32 Å². The highest BCUT2D eigenvalue weighted by molar-refractivity contribution is 7.10. The fourth-order valence-electron chi connectivity index (χ4n) is 2.42. The van der Waals surface area contributed by atoms with Gasteiger partial charge in [-0.2, -0.15) is 0 Å². The maximum absolute atomic E-state index is 3.71. The van der Waals surface area contributed by atoms with E-state index in [-0.39, 0.29) is 0 Å². The van der Waals surface area contributed by atoms with Crippen molar-refractivity contribution in [2.24, 2.45) is 5.92 Å². The molecule has 0 aliphatic rings. The third kappa shape index (κ3) is 3.71. The molecular weight excluding hydrogens is 252 g/mol. The monoisotopic (exact) mass is 276 g/mol. The van der Waals surface area contributed by atoms with Crippen LogP contribution in [-0.2, 0) is 13.1 Å². The number of aryl methyl sites for hydroxylation is 1. The van der Waals surface area contributed by atoms with Gasteiger partial charge in [-0.05, 0) is 35.9 Å². The van der Waals surface area contributed by atoms with E-state index in [1.165, 1.54) is 17.0 Å². The summed E-state index contributed by atoms with van der Waals surface area (Å²) in [6.45, 7) is 8.83. The van der Waals surface area contributed by atoms with Gasteiger partial charge < -0.3 is 9.88 Å². The Kier molecular flexibility index (Phi) is 5.23. The summed E-state index contributed by atoms with van der Waals surface area (Å²) < 4.78 is 2.35. The van der Waals surface area contributed by atoms with E-state index in [1.807, 2.05) is 11.3 Å². The van der Waals surface area contributed by atoms with E-state index < -0.39 is 0 Å². The van der Waals surface area contributed by atoms with Crippen molar-refractivity contribution >= 4 is 11.3 Å². The van der Waals surface area contributed by atoms with Gasteiger partial charge in [0.05, 0.1) is 0 Å². The summed E-state index contributed by atoms with van der Waals surface area (Å²) in [7, 11) is 0. The van der Waals surface area contributed by atoms with Crippen LogP contribution in [0.2, 0.25) is 0 Å². The second-order valence-electron chi connectivity index (χ2n) is 5.31. The summed E-state index contributed by atoms with van der Waals surface area (Å²) in [6.07, 6.45) is 3.36. The van der Waals surface area contributed by atoms with Crippen LogP contribution in [0.5, 0.6) is 0 Å². The van der Waals surface area contributed by atoms with Gasteiger partial charge in [0.15, 0.2) is 0 Å². The molecule has 0 aliphatic heterocycles. The zero-order valence-corrected chi connectivity index (χ0v) is 12.9. The van der Waals surface area contributed by atoms with Crippen molar-refractivity contribution in [2.45, 2.75) is 46.3 Å². The Bertz CT molecular complexity index is 471. The fraction of sp³-hybridized carbons (Fsp3) is 0.500. The Morgan fingerprint density at radius 1 is 1.26 bits per heavy atom. The van der Waals surface area contributed by atoms with Crippen molar-refractivity contribution in [3.8, 4) is 0 Å². The molecule has 0 aliphatic carbocycles. The smallest absolute Gasteiger partial charge is 0.0441 e. The quantitative estimate of drug-likeness (QED) is 0.790. The maximum atomic E-state index is 3.71. The Morgan fingerprint density at radius 3 is 2.74 bits per heavy atom. The van der Waals surface area contributed by atoms with E-state index in [9.17, 15) is 0 Å². The number of nitrogens with one attached hydrogen (secondary N) is 1. The number of thiophene rings is 1.